The normalized spacial score (nSPS) is 19.8. The molecule has 1 saturated heterocycles. The van der Waals surface area contributed by atoms with Crippen molar-refractivity contribution >= 4 is 0 Å². The number of imidazole rings is 1. The van der Waals surface area contributed by atoms with Gasteiger partial charge in [-0.15, -0.1) is 0 Å². The van der Waals surface area contributed by atoms with Gasteiger partial charge < -0.3 is 9.88 Å². The molecule has 1 aromatic heterocycles. The van der Waals surface area contributed by atoms with Gasteiger partial charge in [-0.3, -0.25) is 0 Å². The molecule has 1 N–H and O–H groups in total. The van der Waals surface area contributed by atoms with E-state index in [4.69, 9.17) is 0 Å². The lowest BCUT2D eigenvalue weighted by atomic mass is 9.80. The molecule has 0 bridgehead atoms. The largest absolute Gasteiger partial charge is 0.338 e. The summed E-state index contributed by atoms with van der Waals surface area (Å²) < 4.78 is 2.11. The van der Waals surface area contributed by atoms with Crippen molar-refractivity contribution in [1.29, 1.82) is 0 Å². The fourth-order valence-corrected chi connectivity index (χ4v) is 1.78. The van der Waals surface area contributed by atoms with Crippen LogP contribution in [0.25, 0.3) is 0 Å². The summed E-state index contributed by atoms with van der Waals surface area (Å²) in [4.78, 5) is 4.32. The third-order valence-electron chi connectivity index (χ3n) is 2.98. The summed E-state index contributed by atoms with van der Waals surface area (Å²) in [6.45, 7) is 4.67. The van der Waals surface area contributed by atoms with Crippen LogP contribution in [-0.2, 0) is 13.5 Å². The fraction of sp³-hybridized carbons (Fsp3) is 0.700. The average Bonchev–Trinajstić information content (AvgIpc) is 2.44. The Morgan fingerprint density at radius 2 is 2.38 bits per heavy atom. The maximum atomic E-state index is 4.32. The number of aromatic nitrogens is 2. The van der Waals surface area contributed by atoms with E-state index in [0.29, 0.717) is 5.41 Å². The highest BCUT2D eigenvalue weighted by Gasteiger charge is 2.31. The highest BCUT2D eigenvalue weighted by Crippen LogP contribution is 2.27. The summed E-state index contributed by atoms with van der Waals surface area (Å²) in [5.41, 5.74) is 0.520. The molecule has 13 heavy (non-hydrogen) atoms. The predicted octanol–water partition coefficient (Wildman–Crippen LogP) is 0.962. The average molecular weight is 179 g/mol. The molecule has 0 spiro atoms. The van der Waals surface area contributed by atoms with Crippen LogP contribution in [0.1, 0.15) is 19.2 Å². The molecule has 0 amide bonds. The minimum Gasteiger partial charge on any atom is -0.338 e. The summed E-state index contributed by atoms with van der Waals surface area (Å²) in [5, 5.41) is 3.32. The van der Waals surface area contributed by atoms with Gasteiger partial charge in [-0.2, -0.15) is 0 Å². The van der Waals surface area contributed by atoms with Crippen LogP contribution >= 0.6 is 0 Å². The first-order chi connectivity index (χ1) is 6.20. The lowest BCUT2D eigenvalue weighted by molar-refractivity contribution is 0.179. The maximum absolute atomic E-state index is 4.32. The molecule has 72 valence electrons. The van der Waals surface area contributed by atoms with Gasteiger partial charge in [0.1, 0.15) is 5.82 Å². The second kappa shape index (κ2) is 3.14. The lowest BCUT2D eigenvalue weighted by Crippen LogP contribution is -2.51. The molecule has 0 saturated carbocycles. The maximum Gasteiger partial charge on any atom is 0.108 e. The number of hydrogen-bond acceptors (Lipinski definition) is 2. The molecule has 0 aromatic carbocycles. The Hall–Kier alpha value is -0.830. The predicted molar refractivity (Wildman–Crippen MR) is 52.5 cm³/mol. The number of hydrogen-bond donors (Lipinski definition) is 1. The van der Waals surface area contributed by atoms with Crippen LogP contribution in [0.4, 0.5) is 0 Å². The Labute approximate surface area is 79.2 Å². The third-order valence-corrected chi connectivity index (χ3v) is 2.98. The molecule has 1 aromatic rings. The summed E-state index contributed by atoms with van der Waals surface area (Å²) >= 11 is 0. The van der Waals surface area contributed by atoms with Gasteiger partial charge in [-0.1, -0.05) is 6.92 Å². The van der Waals surface area contributed by atoms with Crippen molar-refractivity contribution in [3.8, 4) is 0 Å². The minimum atomic E-state index is 0.520. The fourth-order valence-electron chi connectivity index (χ4n) is 1.78. The zero-order valence-corrected chi connectivity index (χ0v) is 8.38. The smallest absolute Gasteiger partial charge is 0.108 e. The van der Waals surface area contributed by atoms with E-state index in [9.17, 15) is 0 Å². The van der Waals surface area contributed by atoms with Crippen molar-refractivity contribution in [3.63, 3.8) is 0 Å². The molecule has 1 aliphatic heterocycles. The number of nitrogens with zero attached hydrogens (tertiary/aromatic N) is 2. The Morgan fingerprint density at radius 1 is 1.62 bits per heavy atom. The van der Waals surface area contributed by atoms with Crippen LogP contribution in [-0.4, -0.2) is 22.6 Å². The van der Waals surface area contributed by atoms with Crippen molar-refractivity contribution in [2.45, 2.75) is 19.8 Å². The van der Waals surface area contributed by atoms with E-state index in [1.54, 1.807) is 0 Å². The van der Waals surface area contributed by atoms with Gasteiger partial charge in [0.2, 0.25) is 0 Å². The van der Waals surface area contributed by atoms with Gasteiger partial charge in [0.25, 0.3) is 0 Å². The van der Waals surface area contributed by atoms with Gasteiger partial charge in [-0.25, -0.2) is 4.98 Å². The van der Waals surface area contributed by atoms with E-state index in [2.05, 4.69) is 28.8 Å². The molecule has 0 atom stereocenters. The second-order valence-electron chi connectivity index (χ2n) is 4.37. The molecule has 3 nitrogen and oxygen atoms in total. The first-order valence-electron chi connectivity index (χ1n) is 4.87. The number of aryl methyl sites for hydroxylation is 2. The van der Waals surface area contributed by atoms with Crippen LogP contribution in [0.15, 0.2) is 12.4 Å². The van der Waals surface area contributed by atoms with Crippen molar-refractivity contribution in [2.75, 3.05) is 13.1 Å². The van der Waals surface area contributed by atoms with Crippen LogP contribution in [0.2, 0.25) is 0 Å². The first kappa shape index (κ1) is 8.75. The van der Waals surface area contributed by atoms with Gasteiger partial charge in [0, 0.05) is 39.0 Å². The topological polar surface area (TPSA) is 29.9 Å². The third kappa shape index (κ3) is 1.75. The summed E-state index contributed by atoms with van der Waals surface area (Å²) in [6.07, 6.45) is 6.22. The number of nitrogens with one attached hydrogen (secondary N) is 1. The second-order valence-corrected chi connectivity index (χ2v) is 4.37. The summed E-state index contributed by atoms with van der Waals surface area (Å²) in [7, 11) is 2.06. The highest BCUT2D eigenvalue weighted by molar-refractivity contribution is 4.96. The molecular weight excluding hydrogens is 162 g/mol. The Kier molecular flexibility index (Phi) is 2.12. The number of rotatable bonds is 3. The summed E-state index contributed by atoms with van der Waals surface area (Å²) in [5.74, 6) is 1.20. The van der Waals surface area contributed by atoms with Crippen molar-refractivity contribution < 1.29 is 0 Å². The van der Waals surface area contributed by atoms with Gasteiger partial charge in [-0.05, 0) is 11.8 Å². The van der Waals surface area contributed by atoms with E-state index in [1.807, 2.05) is 12.4 Å². The van der Waals surface area contributed by atoms with Crippen molar-refractivity contribution in [3.05, 3.63) is 18.2 Å². The van der Waals surface area contributed by atoms with Gasteiger partial charge in [0.05, 0.1) is 0 Å². The molecule has 0 radical (unpaired) electrons. The van der Waals surface area contributed by atoms with E-state index in [-0.39, 0.29) is 0 Å². The van der Waals surface area contributed by atoms with Crippen molar-refractivity contribution in [1.82, 2.24) is 14.9 Å². The SMILES string of the molecule is Cn1ccnc1CCC1(C)CNC1. The molecule has 0 unspecified atom stereocenters. The van der Waals surface area contributed by atoms with Gasteiger partial charge in [0.15, 0.2) is 0 Å². The van der Waals surface area contributed by atoms with E-state index >= 15 is 0 Å². The molecule has 2 rings (SSSR count). The molecule has 3 heteroatoms. The molecule has 1 aliphatic rings. The quantitative estimate of drug-likeness (QED) is 0.749. The molecule has 0 aliphatic carbocycles. The lowest BCUT2D eigenvalue weighted by Gasteiger charge is -2.39. The minimum absolute atomic E-state index is 0.520. The van der Waals surface area contributed by atoms with Crippen LogP contribution < -0.4 is 5.32 Å². The van der Waals surface area contributed by atoms with E-state index in [0.717, 1.165) is 19.5 Å². The Balaban J connectivity index is 1.89. The molecule has 2 heterocycles. The zero-order valence-electron chi connectivity index (χ0n) is 8.38. The first-order valence-corrected chi connectivity index (χ1v) is 4.87. The highest BCUT2D eigenvalue weighted by atomic mass is 15.0. The zero-order chi connectivity index (χ0) is 9.31. The van der Waals surface area contributed by atoms with Crippen LogP contribution in [0.5, 0.6) is 0 Å². The Morgan fingerprint density at radius 3 is 2.85 bits per heavy atom. The van der Waals surface area contributed by atoms with Crippen LogP contribution in [0.3, 0.4) is 0 Å². The van der Waals surface area contributed by atoms with Crippen molar-refractivity contribution in [2.24, 2.45) is 12.5 Å². The van der Waals surface area contributed by atoms with Crippen LogP contribution in [0, 0.1) is 5.41 Å². The Bertz CT molecular complexity index is 286. The van der Waals surface area contributed by atoms with Gasteiger partial charge >= 0.3 is 0 Å². The molecular formula is C10H17N3. The summed E-state index contributed by atoms with van der Waals surface area (Å²) in [6, 6.07) is 0. The standard InChI is InChI=1S/C10H17N3/c1-10(7-11-8-10)4-3-9-12-5-6-13(9)2/h5-6,11H,3-4,7-8H2,1-2H3. The monoisotopic (exact) mass is 179 g/mol. The van der Waals surface area contributed by atoms with E-state index in [1.165, 1.54) is 12.2 Å². The molecule has 1 fully saturated rings. The van der Waals surface area contributed by atoms with E-state index < -0.39 is 0 Å².